The van der Waals surface area contributed by atoms with E-state index < -0.39 is 0 Å². The Labute approximate surface area is 416 Å². The Kier molecular flexibility index (Phi) is 9.11. The fourth-order valence-electron chi connectivity index (χ4n) is 14.6. The molecule has 4 aromatic carbocycles. The van der Waals surface area contributed by atoms with Gasteiger partial charge in [-0.2, -0.15) is 0 Å². The molecule has 0 N–H and O–H groups in total. The van der Waals surface area contributed by atoms with Gasteiger partial charge in [0.25, 0.3) is 6.71 Å². The number of allylic oxidation sites excluding steroid dienone is 4. The molecule has 3 nitrogen and oxygen atoms in total. The van der Waals surface area contributed by atoms with Crippen LogP contribution in [0.4, 0.5) is 28.4 Å². The Morgan fingerprint density at radius 1 is 0.565 bits per heavy atom. The summed E-state index contributed by atoms with van der Waals surface area (Å²) in [5, 5.41) is 1.26. The first-order valence-electron chi connectivity index (χ1n) is 26.9. The van der Waals surface area contributed by atoms with Crippen molar-refractivity contribution in [1.82, 2.24) is 0 Å². The van der Waals surface area contributed by atoms with E-state index in [1.807, 2.05) is 0 Å². The quantitative estimate of drug-likeness (QED) is 0.127. The van der Waals surface area contributed by atoms with Crippen molar-refractivity contribution in [2.24, 2.45) is 16.7 Å². The Morgan fingerprint density at radius 3 is 1.77 bits per heavy atom. The van der Waals surface area contributed by atoms with E-state index in [1.165, 1.54) is 111 Å². The number of rotatable bonds is 2. The molecule has 2 bridgehead atoms. The predicted molar refractivity (Wildman–Crippen MR) is 296 cm³/mol. The Hall–Kier alpha value is -4.70. The van der Waals surface area contributed by atoms with Gasteiger partial charge in [-0.05, 0) is 175 Å². The van der Waals surface area contributed by atoms with Crippen LogP contribution in [0.25, 0.3) is 11.0 Å². The molecule has 0 saturated heterocycles. The second kappa shape index (κ2) is 13.8. The van der Waals surface area contributed by atoms with E-state index in [2.05, 4.69) is 212 Å². The van der Waals surface area contributed by atoms with Gasteiger partial charge in [-0.1, -0.05) is 160 Å². The van der Waals surface area contributed by atoms with E-state index in [4.69, 9.17) is 4.42 Å². The first kappa shape index (κ1) is 45.4. The minimum Gasteiger partial charge on any atom is -0.468 e. The summed E-state index contributed by atoms with van der Waals surface area (Å²) < 4.78 is 7.74. The van der Waals surface area contributed by atoms with E-state index in [0.29, 0.717) is 5.92 Å². The smallest absolute Gasteiger partial charge is 0.297 e. The second-order valence-corrected chi connectivity index (χ2v) is 28.5. The van der Waals surface area contributed by atoms with Crippen molar-refractivity contribution in [2.75, 3.05) is 9.80 Å². The molecule has 13 rings (SSSR count). The number of anilines is 5. The normalized spacial score (nSPS) is 27.5. The highest BCUT2D eigenvalue weighted by atomic mass is 16.3. The van der Waals surface area contributed by atoms with Gasteiger partial charge < -0.3 is 14.2 Å². The van der Waals surface area contributed by atoms with Crippen LogP contribution in [-0.2, 0) is 32.5 Å². The van der Waals surface area contributed by atoms with Crippen LogP contribution in [0.3, 0.4) is 0 Å². The van der Waals surface area contributed by atoms with Crippen LogP contribution in [-0.4, -0.2) is 12.8 Å². The molecule has 2 unspecified atom stereocenters. The molecule has 0 spiro atoms. The molecule has 358 valence electrons. The number of furan rings is 1. The van der Waals surface area contributed by atoms with Crippen LogP contribution in [0.15, 0.2) is 101 Å². The number of hydrogen-bond acceptors (Lipinski definition) is 3. The van der Waals surface area contributed by atoms with E-state index in [1.54, 1.807) is 16.7 Å². The molecule has 0 amide bonds. The molecule has 6 aliphatic carbocycles. The maximum Gasteiger partial charge on any atom is 0.297 e. The van der Waals surface area contributed by atoms with Crippen LogP contribution in [0.2, 0.25) is 0 Å². The van der Waals surface area contributed by atoms with Crippen LogP contribution < -0.4 is 26.4 Å². The third-order valence-corrected chi connectivity index (χ3v) is 19.6. The summed E-state index contributed by atoms with van der Waals surface area (Å²) in [6, 6.07) is 25.4. The molecule has 1 aromatic heterocycles. The number of benzene rings is 4. The van der Waals surface area contributed by atoms with Crippen molar-refractivity contribution in [1.29, 1.82) is 0 Å². The molecular weight excluding hydrogens is 836 g/mol. The van der Waals surface area contributed by atoms with Crippen molar-refractivity contribution in [3.63, 3.8) is 0 Å². The molecule has 2 saturated carbocycles. The van der Waals surface area contributed by atoms with Crippen LogP contribution in [0.5, 0.6) is 0 Å². The average molecular weight is 915 g/mol. The van der Waals surface area contributed by atoms with Crippen molar-refractivity contribution >= 4 is 62.7 Å². The maximum atomic E-state index is 7.74. The van der Waals surface area contributed by atoms with Crippen LogP contribution in [0, 0.1) is 16.7 Å². The molecule has 8 aliphatic rings. The summed E-state index contributed by atoms with van der Waals surface area (Å²) in [5.74, 6) is 0.294. The van der Waals surface area contributed by atoms with Gasteiger partial charge in [0.2, 0.25) is 0 Å². The van der Waals surface area contributed by atoms with Gasteiger partial charge in [0, 0.05) is 39.0 Å². The standard InChI is InChI=1S/C65H79BN2O/c1-38-30-44-46(63(14,15)25-24-61(44,10)11)36-51(38)68-50-21-18-39(58(2,3)4)31-49(50)66-55-52(32-40(33-53(55)68)59(5,6)7)67(41-19-20-43-45(34-41)62(12,13)23-22-60(43,8)9)56-42-35-47-48(37-54(42)69-57(56)66)65(17)28-26-64(47,16)27-29-65/h18-23,30-38,51H,24-29H2,1-17H3. The largest absolute Gasteiger partial charge is 0.468 e. The Balaban J connectivity index is 1.21. The molecule has 0 radical (unpaired) electrons. The van der Waals surface area contributed by atoms with Crippen LogP contribution in [0.1, 0.15) is 190 Å². The van der Waals surface area contributed by atoms with Crippen molar-refractivity contribution < 1.29 is 4.42 Å². The first-order valence-corrected chi connectivity index (χ1v) is 26.9. The molecule has 4 heteroatoms. The zero-order chi connectivity index (χ0) is 49.1. The number of fused-ring (bicyclic) bond motifs is 10. The minimum atomic E-state index is -0.118. The first-order chi connectivity index (χ1) is 32.0. The van der Waals surface area contributed by atoms with E-state index in [9.17, 15) is 0 Å². The van der Waals surface area contributed by atoms with E-state index in [-0.39, 0.29) is 56.1 Å². The van der Waals surface area contributed by atoms with E-state index in [0.717, 1.165) is 11.2 Å². The number of hydrogen-bond donors (Lipinski definition) is 0. The lowest BCUT2D eigenvalue weighted by Gasteiger charge is -2.52. The molecule has 2 fully saturated rings. The molecule has 2 atom stereocenters. The summed E-state index contributed by atoms with van der Waals surface area (Å²) in [6.45, 7) is 41.3. The molecular formula is C65H79BN2O. The maximum absolute atomic E-state index is 7.74. The zero-order valence-electron chi connectivity index (χ0n) is 45.4. The molecule has 69 heavy (non-hydrogen) atoms. The topological polar surface area (TPSA) is 19.6 Å². The van der Waals surface area contributed by atoms with E-state index >= 15 is 0 Å². The average Bonchev–Trinajstić information content (AvgIpc) is 3.64. The van der Waals surface area contributed by atoms with Gasteiger partial charge in [0.1, 0.15) is 5.58 Å². The minimum absolute atomic E-state index is 0.0344. The monoisotopic (exact) mass is 915 g/mol. The summed E-state index contributed by atoms with van der Waals surface area (Å²) in [6.07, 6.45) is 17.7. The highest BCUT2D eigenvalue weighted by Gasteiger charge is 2.53. The molecule has 2 aliphatic heterocycles. The van der Waals surface area contributed by atoms with Gasteiger partial charge in [-0.15, -0.1) is 0 Å². The third kappa shape index (κ3) is 6.37. The number of nitrogens with zero attached hydrogens (tertiary/aromatic N) is 2. The van der Waals surface area contributed by atoms with Gasteiger partial charge in [0.15, 0.2) is 0 Å². The van der Waals surface area contributed by atoms with Gasteiger partial charge >= 0.3 is 0 Å². The summed E-state index contributed by atoms with van der Waals surface area (Å²) >= 11 is 0. The van der Waals surface area contributed by atoms with Crippen molar-refractivity contribution in [3.05, 3.63) is 129 Å². The lowest BCUT2D eigenvalue weighted by Crippen LogP contribution is -2.63. The molecule has 5 aromatic rings. The predicted octanol–water partition coefficient (Wildman–Crippen LogP) is 15.7. The summed E-state index contributed by atoms with van der Waals surface area (Å²) in [7, 11) is 0. The Bertz CT molecular complexity index is 3150. The summed E-state index contributed by atoms with van der Waals surface area (Å²) in [5.41, 5.74) is 23.3. The summed E-state index contributed by atoms with van der Waals surface area (Å²) in [4.78, 5) is 5.50. The fraction of sp³-hybridized carbons (Fsp3) is 0.508. The fourth-order valence-corrected chi connectivity index (χ4v) is 14.6. The second-order valence-electron chi connectivity index (χ2n) is 28.5. The van der Waals surface area contributed by atoms with Crippen molar-refractivity contribution in [2.45, 2.75) is 195 Å². The van der Waals surface area contributed by atoms with Gasteiger partial charge in [-0.3, -0.25) is 0 Å². The SMILES string of the molecule is CC1C=C2C(=CC1N1c3ccc(C(C)(C)C)cc3B3c4oc5cc6c(cc5c4N(c4ccc5c(c4)C(C)(C)C=CC5(C)C)c4cc(C(C)(C)C)cc1c43)C1(C)CCC6(C)CC1)C(C)(C)CCC2(C)C. The highest BCUT2D eigenvalue weighted by molar-refractivity contribution is 6.99. The van der Waals surface area contributed by atoms with Gasteiger partial charge in [0.05, 0.1) is 17.4 Å². The zero-order valence-corrected chi connectivity index (χ0v) is 45.4. The highest BCUT2D eigenvalue weighted by Crippen LogP contribution is 2.59. The van der Waals surface area contributed by atoms with Crippen molar-refractivity contribution in [3.8, 4) is 0 Å². The van der Waals surface area contributed by atoms with Gasteiger partial charge in [-0.25, -0.2) is 0 Å². The molecule has 3 heterocycles. The van der Waals surface area contributed by atoms with Crippen LogP contribution >= 0.6 is 0 Å². The Morgan fingerprint density at radius 2 is 1.14 bits per heavy atom. The third-order valence-electron chi connectivity index (χ3n) is 19.6. The lowest BCUT2D eigenvalue weighted by atomic mass is 9.35. The lowest BCUT2D eigenvalue weighted by molar-refractivity contribution is 0.188.